The molecule has 1 aromatic heterocycles. The lowest BCUT2D eigenvalue weighted by Crippen LogP contribution is -2.52. The molecule has 1 aliphatic carbocycles. The van der Waals surface area contributed by atoms with Crippen LogP contribution in [-0.4, -0.2) is 47.3 Å². The Balaban J connectivity index is 1.97. The third-order valence-electron chi connectivity index (χ3n) is 6.06. The fourth-order valence-electron chi connectivity index (χ4n) is 4.61. The molecule has 0 saturated heterocycles. The van der Waals surface area contributed by atoms with Crippen LogP contribution in [0, 0.1) is 34.0 Å². The first kappa shape index (κ1) is 22.5. The van der Waals surface area contributed by atoms with Crippen LogP contribution in [0.4, 0.5) is 0 Å². The van der Waals surface area contributed by atoms with Crippen LogP contribution < -0.4 is 0 Å². The molecule has 0 N–H and O–H groups in total. The number of benzene rings is 1. The molecule has 0 saturated carbocycles. The lowest BCUT2D eigenvalue weighted by atomic mass is 9.82. The quantitative estimate of drug-likeness (QED) is 0.577. The Kier molecular flexibility index (Phi) is 5.10. The normalized spacial score (nSPS) is 20.8. The van der Waals surface area contributed by atoms with Crippen molar-refractivity contribution in [2.45, 2.75) is 11.8 Å². The molecule has 2 atom stereocenters. The third kappa shape index (κ3) is 2.86. The highest BCUT2D eigenvalue weighted by molar-refractivity contribution is 6.04. The van der Waals surface area contributed by atoms with E-state index >= 15 is 0 Å². The summed E-state index contributed by atoms with van der Waals surface area (Å²) in [5, 5.41) is 28.7. The molecule has 5 rings (SSSR count). The molecule has 2 unspecified atom stereocenters. The molecule has 0 radical (unpaired) electrons. The number of carbonyl (C=O) groups excluding carboxylic acids is 2. The van der Waals surface area contributed by atoms with Crippen molar-refractivity contribution in [1.29, 1.82) is 15.8 Å². The lowest BCUT2D eigenvalue weighted by molar-refractivity contribution is -0.154. The van der Waals surface area contributed by atoms with Crippen molar-refractivity contribution in [2.75, 3.05) is 14.2 Å². The summed E-state index contributed by atoms with van der Waals surface area (Å²) in [6.07, 6.45) is 3.31. The average Bonchev–Trinajstić information content (AvgIpc) is 3.18. The predicted octanol–water partition coefficient (Wildman–Crippen LogP) is 1.68. The molecule has 0 amide bonds. The smallest absolute Gasteiger partial charge is 0.355 e. The number of allylic oxidation sites excluding steroid dienone is 2. The Hall–Kier alpha value is -5.31. The minimum atomic E-state index is -1.88. The molecule has 2 aromatic rings. The standard InChI is InChI=1S/C25H14N6O5/c1-34-23(32)19-21(24(33)35-2)31-8-7-13(10-26)9-18(31)36-25(19)15-6-4-3-5-14(15)20-22(25)30-17(12-28)16(11-27)29-20/h3-9,18H,1-2H3. The number of hydrogen-bond acceptors (Lipinski definition) is 11. The highest BCUT2D eigenvalue weighted by Gasteiger charge is 2.59. The van der Waals surface area contributed by atoms with Crippen molar-refractivity contribution < 1.29 is 23.8 Å². The van der Waals surface area contributed by atoms with E-state index in [0.717, 1.165) is 14.2 Å². The Morgan fingerprint density at radius 1 is 1.03 bits per heavy atom. The zero-order chi connectivity index (χ0) is 25.6. The first-order valence-corrected chi connectivity index (χ1v) is 10.4. The van der Waals surface area contributed by atoms with Gasteiger partial charge >= 0.3 is 11.9 Å². The first-order valence-electron chi connectivity index (χ1n) is 10.4. The molecule has 1 aromatic carbocycles. The largest absolute Gasteiger partial charge is 0.465 e. The topological polar surface area (TPSA) is 162 Å². The van der Waals surface area contributed by atoms with Crippen LogP contribution in [0.2, 0.25) is 0 Å². The zero-order valence-corrected chi connectivity index (χ0v) is 18.8. The van der Waals surface area contributed by atoms with Gasteiger partial charge in [-0.15, -0.1) is 0 Å². The summed E-state index contributed by atoms with van der Waals surface area (Å²) in [4.78, 5) is 36.7. The number of nitriles is 3. The summed E-state index contributed by atoms with van der Waals surface area (Å²) in [5.74, 6) is -1.78. The first-order chi connectivity index (χ1) is 17.4. The van der Waals surface area contributed by atoms with E-state index in [1.54, 1.807) is 24.3 Å². The van der Waals surface area contributed by atoms with Gasteiger partial charge in [0.15, 0.2) is 23.2 Å². The predicted molar refractivity (Wildman–Crippen MR) is 118 cm³/mol. The average molecular weight is 478 g/mol. The molecule has 11 heteroatoms. The highest BCUT2D eigenvalue weighted by Crippen LogP contribution is 2.56. The van der Waals surface area contributed by atoms with E-state index in [1.165, 1.54) is 23.3 Å². The maximum absolute atomic E-state index is 13.4. The summed E-state index contributed by atoms with van der Waals surface area (Å²) in [7, 11) is 2.31. The van der Waals surface area contributed by atoms with Gasteiger partial charge in [-0.25, -0.2) is 19.6 Å². The summed E-state index contributed by atoms with van der Waals surface area (Å²) < 4.78 is 16.7. The Morgan fingerprint density at radius 3 is 2.39 bits per heavy atom. The van der Waals surface area contributed by atoms with Crippen molar-refractivity contribution in [3.05, 3.63) is 82.1 Å². The van der Waals surface area contributed by atoms with Crippen molar-refractivity contribution >= 4 is 11.9 Å². The number of fused-ring (bicyclic) bond motifs is 6. The fourth-order valence-corrected chi connectivity index (χ4v) is 4.61. The van der Waals surface area contributed by atoms with Gasteiger partial charge in [0.05, 0.1) is 31.6 Å². The lowest BCUT2D eigenvalue weighted by Gasteiger charge is -2.45. The Bertz CT molecular complexity index is 1590. The summed E-state index contributed by atoms with van der Waals surface area (Å²) in [5.41, 5.74) is -1.44. The van der Waals surface area contributed by atoms with Crippen LogP contribution in [0.5, 0.6) is 0 Å². The van der Waals surface area contributed by atoms with Crippen LogP contribution in [-0.2, 0) is 29.4 Å². The maximum atomic E-state index is 13.4. The molecule has 2 aliphatic heterocycles. The van der Waals surface area contributed by atoms with E-state index in [2.05, 4.69) is 9.97 Å². The van der Waals surface area contributed by atoms with E-state index < -0.39 is 23.8 Å². The third-order valence-corrected chi connectivity index (χ3v) is 6.06. The minimum absolute atomic E-state index is 0.0298. The number of ether oxygens (including phenoxy) is 3. The molecule has 1 spiro atoms. The van der Waals surface area contributed by atoms with Gasteiger partial charge < -0.3 is 19.1 Å². The van der Waals surface area contributed by atoms with Crippen LogP contribution in [0.1, 0.15) is 22.6 Å². The second-order valence-corrected chi connectivity index (χ2v) is 7.74. The number of aromatic nitrogens is 2. The number of hydrogen-bond donors (Lipinski definition) is 0. The van der Waals surface area contributed by atoms with Crippen LogP contribution in [0.25, 0.3) is 11.3 Å². The van der Waals surface area contributed by atoms with Crippen LogP contribution in [0.15, 0.2) is 59.5 Å². The second-order valence-electron chi connectivity index (χ2n) is 7.74. The van der Waals surface area contributed by atoms with Gasteiger partial charge in [0.1, 0.15) is 29.1 Å². The Labute approximate surface area is 204 Å². The zero-order valence-electron chi connectivity index (χ0n) is 18.8. The number of nitrogens with zero attached hydrogens (tertiary/aromatic N) is 6. The molecule has 3 aliphatic rings. The summed E-state index contributed by atoms with van der Waals surface area (Å²) in [6.45, 7) is 0. The Morgan fingerprint density at radius 2 is 1.72 bits per heavy atom. The second kappa shape index (κ2) is 8.17. The highest BCUT2D eigenvalue weighted by atomic mass is 16.6. The number of carbonyl (C=O) groups is 2. The van der Waals surface area contributed by atoms with E-state index in [9.17, 15) is 25.4 Å². The van der Waals surface area contributed by atoms with Crippen molar-refractivity contribution in [2.24, 2.45) is 0 Å². The fraction of sp³-hybridized carbons (Fsp3) is 0.160. The van der Waals surface area contributed by atoms with Crippen LogP contribution in [0.3, 0.4) is 0 Å². The van der Waals surface area contributed by atoms with Crippen molar-refractivity contribution in [3.8, 4) is 29.5 Å². The van der Waals surface area contributed by atoms with Gasteiger partial charge in [0, 0.05) is 17.3 Å². The number of esters is 2. The van der Waals surface area contributed by atoms with Crippen molar-refractivity contribution in [1.82, 2.24) is 14.9 Å². The van der Waals surface area contributed by atoms with Crippen LogP contribution >= 0.6 is 0 Å². The molecule has 0 fully saturated rings. The number of methoxy groups -OCH3 is 2. The monoisotopic (exact) mass is 478 g/mol. The molecule has 11 nitrogen and oxygen atoms in total. The van der Waals surface area contributed by atoms with Gasteiger partial charge in [-0.2, -0.15) is 15.8 Å². The maximum Gasteiger partial charge on any atom is 0.355 e. The summed E-state index contributed by atoms with van der Waals surface area (Å²) >= 11 is 0. The molecular weight excluding hydrogens is 464 g/mol. The molecular formula is C25H14N6O5. The van der Waals surface area contributed by atoms with E-state index in [4.69, 9.17) is 14.2 Å². The number of rotatable bonds is 2. The van der Waals surface area contributed by atoms with Gasteiger partial charge in [-0.3, -0.25) is 0 Å². The molecule has 0 bridgehead atoms. The van der Waals surface area contributed by atoms with Crippen molar-refractivity contribution in [3.63, 3.8) is 0 Å². The van der Waals surface area contributed by atoms with Gasteiger partial charge in [0.25, 0.3) is 0 Å². The molecule has 174 valence electrons. The van der Waals surface area contributed by atoms with Gasteiger partial charge in [0.2, 0.25) is 0 Å². The van der Waals surface area contributed by atoms with E-state index in [-0.39, 0.29) is 39.6 Å². The van der Waals surface area contributed by atoms with E-state index in [1.807, 2.05) is 18.2 Å². The molecule has 3 heterocycles. The van der Waals surface area contributed by atoms with E-state index in [0.29, 0.717) is 11.1 Å². The minimum Gasteiger partial charge on any atom is -0.465 e. The van der Waals surface area contributed by atoms with Gasteiger partial charge in [-0.1, -0.05) is 24.3 Å². The SMILES string of the molecule is COC(=O)C1=C(C(=O)OC)C2(OC3C=C(C#N)C=CN13)c1ccccc1-c1nc(C#N)c(C#N)nc12. The summed E-state index contributed by atoms with van der Waals surface area (Å²) in [6, 6.07) is 12.5. The molecule has 36 heavy (non-hydrogen) atoms. The van der Waals surface area contributed by atoms with Gasteiger partial charge in [-0.05, 0) is 12.2 Å².